The van der Waals surface area contributed by atoms with E-state index >= 15 is 0 Å². The number of esters is 2. The van der Waals surface area contributed by atoms with Crippen LogP contribution in [0.2, 0.25) is 0 Å². The van der Waals surface area contributed by atoms with Crippen LogP contribution in [0.4, 0.5) is 0 Å². The van der Waals surface area contributed by atoms with Crippen molar-refractivity contribution in [3.05, 3.63) is 60.8 Å². The molecule has 0 fully saturated rings. The van der Waals surface area contributed by atoms with E-state index in [2.05, 4.69) is 79.1 Å². The molecule has 11 heteroatoms. The molecule has 330 valence electrons. The second kappa shape index (κ2) is 41.8. The van der Waals surface area contributed by atoms with E-state index in [1.54, 1.807) is 0 Å². The molecule has 0 aromatic heterocycles. The highest BCUT2D eigenvalue weighted by atomic mass is 31.2. The van der Waals surface area contributed by atoms with Crippen LogP contribution in [0.1, 0.15) is 181 Å². The Labute approximate surface area is 346 Å². The van der Waals surface area contributed by atoms with Gasteiger partial charge in [0.2, 0.25) is 0 Å². The Morgan fingerprint density at radius 2 is 0.965 bits per heavy atom. The molecule has 10 nitrogen and oxygen atoms in total. The van der Waals surface area contributed by atoms with E-state index in [1.165, 1.54) is 70.6 Å². The van der Waals surface area contributed by atoms with Crippen molar-refractivity contribution in [3.63, 3.8) is 0 Å². The Morgan fingerprint density at radius 3 is 1.46 bits per heavy atom. The summed E-state index contributed by atoms with van der Waals surface area (Å²) in [6.07, 6.45) is 46.1. The maximum Gasteiger partial charge on any atom is 0.472 e. The van der Waals surface area contributed by atoms with Crippen molar-refractivity contribution in [2.75, 3.05) is 26.4 Å². The predicted molar refractivity (Wildman–Crippen MR) is 233 cm³/mol. The van der Waals surface area contributed by atoms with E-state index in [9.17, 15) is 24.2 Å². The standard InChI is InChI=1S/C46H81O10P/c1-3-5-7-9-11-13-15-17-19-20-21-22-24-26-28-30-32-34-36-38-46(50)56-44(42-55-57(51,52)54-40-43(48)39-47)41-53-45(49)37-35-33-31-29-27-25-23-18-16-14-12-10-8-6-4-2/h5,7,11,13,17,19,21-22,26,28,43-44,47-48H,3-4,6,8-10,12,14-16,18,20,23-25,27,29-42H2,1-2H3,(H,51,52)/b7-5+,13-11+,19-17+,22-21+,28-26+/t43-,44+/m0/s1. The molecule has 0 aliphatic heterocycles. The third-order valence-corrected chi connectivity index (χ3v) is 10.1. The van der Waals surface area contributed by atoms with E-state index in [0.29, 0.717) is 12.8 Å². The van der Waals surface area contributed by atoms with Crippen LogP contribution in [0.15, 0.2) is 60.8 Å². The Bertz CT molecular complexity index is 1130. The summed E-state index contributed by atoms with van der Waals surface area (Å²) < 4.78 is 32.7. The minimum Gasteiger partial charge on any atom is -0.462 e. The lowest BCUT2D eigenvalue weighted by Gasteiger charge is -2.20. The molecule has 0 aliphatic carbocycles. The molecule has 3 atom stereocenters. The van der Waals surface area contributed by atoms with Crippen molar-refractivity contribution in [1.29, 1.82) is 0 Å². The second-order valence-electron chi connectivity index (χ2n) is 14.7. The maximum atomic E-state index is 12.6. The highest BCUT2D eigenvalue weighted by Gasteiger charge is 2.27. The topological polar surface area (TPSA) is 149 Å². The summed E-state index contributed by atoms with van der Waals surface area (Å²) in [7, 11) is -4.63. The van der Waals surface area contributed by atoms with Crippen molar-refractivity contribution in [2.24, 2.45) is 0 Å². The van der Waals surface area contributed by atoms with E-state index < -0.39 is 51.8 Å². The van der Waals surface area contributed by atoms with Crippen molar-refractivity contribution in [3.8, 4) is 0 Å². The molecule has 0 saturated heterocycles. The van der Waals surface area contributed by atoms with Gasteiger partial charge in [-0.05, 0) is 57.8 Å². The maximum absolute atomic E-state index is 12.6. The number of rotatable bonds is 41. The Kier molecular flexibility index (Phi) is 40.1. The first-order chi connectivity index (χ1) is 27.7. The number of aliphatic hydroxyl groups is 2. The second-order valence-corrected chi connectivity index (χ2v) is 16.2. The smallest absolute Gasteiger partial charge is 0.462 e. The van der Waals surface area contributed by atoms with E-state index in [-0.39, 0.29) is 19.4 Å². The highest BCUT2D eigenvalue weighted by Crippen LogP contribution is 2.43. The fourth-order valence-electron chi connectivity index (χ4n) is 5.78. The van der Waals surface area contributed by atoms with Gasteiger partial charge in [-0.15, -0.1) is 0 Å². The largest absolute Gasteiger partial charge is 0.472 e. The number of carbonyl (C=O) groups excluding carboxylic acids is 2. The first kappa shape index (κ1) is 54.7. The van der Waals surface area contributed by atoms with Gasteiger partial charge in [-0.25, -0.2) is 4.57 Å². The summed E-state index contributed by atoms with van der Waals surface area (Å²) >= 11 is 0. The Hall–Kier alpha value is -2.33. The zero-order chi connectivity index (χ0) is 41.9. The van der Waals surface area contributed by atoms with Gasteiger partial charge in [0.25, 0.3) is 0 Å². The van der Waals surface area contributed by atoms with Crippen molar-refractivity contribution in [2.45, 2.75) is 193 Å². The summed E-state index contributed by atoms with van der Waals surface area (Å²) in [5.74, 6) is -0.961. The van der Waals surface area contributed by atoms with Crippen molar-refractivity contribution < 1.29 is 47.8 Å². The molecule has 1 unspecified atom stereocenters. The molecule has 0 bridgehead atoms. The minimum absolute atomic E-state index is 0.144. The molecule has 0 spiro atoms. The summed E-state index contributed by atoms with van der Waals surface area (Å²) in [6, 6.07) is 0. The number of carbonyl (C=O) groups is 2. The zero-order valence-corrected chi connectivity index (χ0v) is 36.7. The average molecular weight is 825 g/mol. The van der Waals surface area contributed by atoms with Gasteiger partial charge in [0.05, 0.1) is 19.8 Å². The molecular weight excluding hydrogens is 743 g/mol. The van der Waals surface area contributed by atoms with E-state index in [1.807, 2.05) is 0 Å². The van der Waals surface area contributed by atoms with Gasteiger partial charge in [-0.3, -0.25) is 18.6 Å². The summed E-state index contributed by atoms with van der Waals surface area (Å²) in [5, 5.41) is 18.3. The average Bonchev–Trinajstić information content (AvgIpc) is 3.20. The van der Waals surface area contributed by atoms with E-state index in [0.717, 1.165) is 70.6 Å². The van der Waals surface area contributed by atoms with Gasteiger partial charge in [0.15, 0.2) is 6.10 Å². The number of phosphoric acid groups is 1. The molecule has 0 radical (unpaired) electrons. The first-order valence-corrected chi connectivity index (χ1v) is 23.7. The van der Waals surface area contributed by atoms with Gasteiger partial charge in [0, 0.05) is 12.8 Å². The van der Waals surface area contributed by atoms with Crippen LogP contribution in [0.5, 0.6) is 0 Å². The Morgan fingerprint density at radius 1 is 0.544 bits per heavy atom. The van der Waals surface area contributed by atoms with Gasteiger partial charge in [0.1, 0.15) is 12.7 Å². The van der Waals surface area contributed by atoms with Gasteiger partial charge in [-0.2, -0.15) is 0 Å². The highest BCUT2D eigenvalue weighted by molar-refractivity contribution is 7.47. The van der Waals surface area contributed by atoms with Gasteiger partial charge in [-0.1, -0.05) is 171 Å². The molecular formula is C46H81O10P. The van der Waals surface area contributed by atoms with E-state index in [4.69, 9.17) is 19.1 Å². The molecule has 0 heterocycles. The predicted octanol–water partition coefficient (Wildman–Crippen LogP) is 11.9. The fourth-order valence-corrected chi connectivity index (χ4v) is 6.57. The summed E-state index contributed by atoms with van der Waals surface area (Å²) in [5.41, 5.74) is 0. The monoisotopic (exact) mass is 825 g/mol. The third kappa shape index (κ3) is 41.6. The number of unbranched alkanes of at least 4 members (excludes halogenated alkanes) is 17. The van der Waals surface area contributed by atoms with Crippen LogP contribution >= 0.6 is 7.82 Å². The zero-order valence-electron chi connectivity index (χ0n) is 35.8. The lowest BCUT2D eigenvalue weighted by Crippen LogP contribution is -2.29. The van der Waals surface area contributed by atoms with Crippen LogP contribution < -0.4 is 0 Å². The molecule has 0 aliphatic rings. The number of hydrogen-bond acceptors (Lipinski definition) is 9. The molecule has 0 aromatic carbocycles. The van der Waals surface area contributed by atoms with Crippen LogP contribution in [0.3, 0.4) is 0 Å². The first-order valence-electron chi connectivity index (χ1n) is 22.2. The molecule has 0 rings (SSSR count). The van der Waals surface area contributed by atoms with Crippen LogP contribution in [-0.2, 0) is 32.7 Å². The summed E-state index contributed by atoms with van der Waals surface area (Å²) in [4.78, 5) is 35.0. The van der Waals surface area contributed by atoms with Crippen molar-refractivity contribution >= 4 is 19.8 Å². The lowest BCUT2D eigenvalue weighted by molar-refractivity contribution is -0.161. The third-order valence-electron chi connectivity index (χ3n) is 9.19. The normalized spacial score (nSPS) is 14.4. The van der Waals surface area contributed by atoms with Crippen LogP contribution in [0.25, 0.3) is 0 Å². The molecule has 0 amide bonds. The number of ether oxygens (including phenoxy) is 2. The number of hydrogen-bond donors (Lipinski definition) is 3. The Balaban J connectivity index is 4.35. The fraction of sp³-hybridized carbons (Fsp3) is 0.739. The van der Waals surface area contributed by atoms with Crippen LogP contribution in [-0.4, -0.2) is 65.7 Å². The minimum atomic E-state index is -4.63. The molecule has 57 heavy (non-hydrogen) atoms. The number of aliphatic hydroxyl groups excluding tert-OH is 2. The molecule has 0 saturated carbocycles. The quantitative estimate of drug-likeness (QED) is 0.0235. The summed E-state index contributed by atoms with van der Waals surface area (Å²) in [6.45, 7) is 2.23. The molecule has 3 N–H and O–H groups in total. The SMILES string of the molecule is CC/C=C/C/C=C/C/C=C/C/C=C/C/C=C/CCCCCC(=O)O[C@H](COC(=O)CCCCCCCCCCCCCCCCC)COP(=O)(O)OC[C@@H](O)CO. The number of allylic oxidation sites excluding steroid dienone is 10. The van der Waals surface area contributed by atoms with Crippen LogP contribution in [0, 0.1) is 0 Å². The number of phosphoric ester groups is 1. The van der Waals surface area contributed by atoms with Crippen molar-refractivity contribution in [1.82, 2.24) is 0 Å². The van der Waals surface area contributed by atoms with Gasteiger partial charge < -0.3 is 24.6 Å². The van der Waals surface area contributed by atoms with Gasteiger partial charge >= 0.3 is 19.8 Å². The molecule has 0 aromatic rings. The lowest BCUT2D eigenvalue weighted by atomic mass is 10.0.